The molecule has 122 valence electrons. The van der Waals surface area contributed by atoms with Crippen LogP contribution in [0.25, 0.3) is 11.3 Å². The second-order valence-electron chi connectivity index (χ2n) is 5.42. The van der Waals surface area contributed by atoms with Crippen molar-refractivity contribution in [3.63, 3.8) is 0 Å². The van der Waals surface area contributed by atoms with Crippen LogP contribution in [-0.2, 0) is 6.42 Å². The average Bonchev–Trinajstić information content (AvgIpc) is 3.06. The van der Waals surface area contributed by atoms with Crippen molar-refractivity contribution in [1.82, 2.24) is 15.3 Å². The molecule has 0 aliphatic heterocycles. The number of nitrogens with one attached hydrogen (secondary N) is 1. The Kier molecular flexibility index (Phi) is 4.91. The molecule has 3 aromatic rings. The Hall–Kier alpha value is -2.66. The van der Waals surface area contributed by atoms with E-state index in [0.29, 0.717) is 17.2 Å². The zero-order valence-corrected chi connectivity index (χ0v) is 13.8. The van der Waals surface area contributed by atoms with Gasteiger partial charge in [0.15, 0.2) is 5.76 Å². The normalized spacial score (nSPS) is 11.9. The molecule has 1 amide bonds. The van der Waals surface area contributed by atoms with Gasteiger partial charge in [0.2, 0.25) is 0 Å². The highest BCUT2D eigenvalue weighted by Crippen LogP contribution is 2.29. The van der Waals surface area contributed by atoms with E-state index in [-0.39, 0.29) is 17.7 Å². The summed E-state index contributed by atoms with van der Waals surface area (Å²) in [6, 6.07) is 10.6. The molecule has 0 radical (unpaired) electrons. The molecule has 0 fully saturated rings. The maximum absolute atomic E-state index is 12.3. The second kappa shape index (κ2) is 7.27. The number of carbonyl (C=O) groups excluding carboxylic acids is 1. The molecule has 0 bridgehead atoms. The Balaban J connectivity index is 1.67. The zero-order valence-electron chi connectivity index (χ0n) is 13.1. The van der Waals surface area contributed by atoms with Crippen LogP contribution in [0.2, 0.25) is 5.02 Å². The van der Waals surface area contributed by atoms with Crippen LogP contribution in [0.4, 0.5) is 0 Å². The summed E-state index contributed by atoms with van der Waals surface area (Å²) in [4.78, 5) is 20.5. The fourth-order valence-electron chi connectivity index (χ4n) is 2.36. The lowest BCUT2D eigenvalue weighted by atomic mass is 10.2. The standard InChI is InChI=1S/C18H16ClN3O2/c1-12(10-13-11-20-8-9-21-13)22-18(23)17-7-6-16(24-17)14-4-2-3-5-15(14)19/h2-9,11-12H,10H2,1H3,(H,22,23)/t12-/m0/s1. The van der Waals surface area contributed by atoms with Gasteiger partial charge in [-0.05, 0) is 31.2 Å². The van der Waals surface area contributed by atoms with E-state index < -0.39 is 0 Å². The van der Waals surface area contributed by atoms with E-state index in [9.17, 15) is 4.79 Å². The molecule has 3 rings (SSSR count). The van der Waals surface area contributed by atoms with Crippen LogP contribution >= 0.6 is 11.6 Å². The number of amides is 1. The summed E-state index contributed by atoms with van der Waals surface area (Å²) in [5.41, 5.74) is 1.58. The van der Waals surface area contributed by atoms with Gasteiger partial charge in [0, 0.05) is 36.6 Å². The van der Waals surface area contributed by atoms with Crippen molar-refractivity contribution in [1.29, 1.82) is 0 Å². The fraction of sp³-hybridized carbons (Fsp3) is 0.167. The third-order valence-electron chi connectivity index (χ3n) is 3.48. The molecule has 0 unspecified atom stereocenters. The van der Waals surface area contributed by atoms with Gasteiger partial charge < -0.3 is 9.73 Å². The number of hydrogen-bond acceptors (Lipinski definition) is 4. The smallest absolute Gasteiger partial charge is 0.287 e. The van der Waals surface area contributed by atoms with E-state index in [1.54, 1.807) is 36.8 Å². The second-order valence-corrected chi connectivity index (χ2v) is 5.83. The predicted octanol–water partition coefficient (Wildman–Crippen LogP) is 3.75. The quantitative estimate of drug-likeness (QED) is 0.767. The number of halogens is 1. The van der Waals surface area contributed by atoms with Gasteiger partial charge in [-0.15, -0.1) is 0 Å². The lowest BCUT2D eigenvalue weighted by molar-refractivity contribution is 0.0913. The van der Waals surface area contributed by atoms with Gasteiger partial charge in [-0.3, -0.25) is 14.8 Å². The Labute approximate surface area is 144 Å². The number of benzene rings is 1. The Morgan fingerprint density at radius 3 is 2.83 bits per heavy atom. The van der Waals surface area contributed by atoms with Crippen LogP contribution in [0, 0.1) is 0 Å². The van der Waals surface area contributed by atoms with E-state index >= 15 is 0 Å². The highest BCUT2D eigenvalue weighted by atomic mass is 35.5. The predicted molar refractivity (Wildman–Crippen MR) is 91.8 cm³/mol. The molecule has 24 heavy (non-hydrogen) atoms. The van der Waals surface area contributed by atoms with Gasteiger partial charge in [0.25, 0.3) is 5.91 Å². The molecular weight excluding hydrogens is 326 g/mol. The monoisotopic (exact) mass is 341 g/mol. The molecule has 1 atom stereocenters. The first-order valence-corrected chi connectivity index (χ1v) is 7.92. The number of furan rings is 1. The highest BCUT2D eigenvalue weighted by Gasteiger charge is 2.16. The lowest BCUT2D eigenvalue weighted by Gasteiger charge is -2.12. The first-order valence-electron chi connectivity index (χ1n) is 7.54. The summed E-state index contributed by atoms with van der Waals surface area (Å²) in [5, 5.41) is 3.47. The van der Waals surface area contributed by atoms with E-state index in [4.69, 9.17) is 16.0 Å². The summed E-state index contributed by atoms with van der Waals surface area (Å²) in [7, 11) is 0. The molecule has 2 heterocycles. The molecular formula is C18H16ClN3O2. The maximum atomic E-state index is 12.3. The largest absolute Gasteiger partial charge is 0.451 e. The van der Waals surface area contributed by atoms with Crippen molar-refractivity contribution in [3.8, 4) is 11.3 Å². The summed E-state index contributed by atoms with van der Waals surface area (Å²) in [6.07, 6.45) is 5.53. The van der Waals surface area contributed by atoms with Crippen LogP contribution in [0.15, 0.2) is 59.4 Å². The van der Waals surface area contributed by atoms with E-state index in [1.807, 2.05) is 25.1 Å². The molecule has 0 aliphatic rings. The Morgan fingerprint density at radius 2 is 2.08 bits per heavy atom. The van der Waals surface area contributed by atoms with Crippen molar-refractivity contribution in [2.24, 2.45) is 0 Å². The van der Waals surface area contributed by atoms with Gasteiger partial charge >= 0.3 is 0 Å². The summed E-state index contributed by atoms with van der Waals surface area (Å²) < 4.78 is 5.64. The lowest BCUT2D eigenvalue weighted by Crippen LogP contribution is -2.34. The minimum atomic E-state index is -0.273. The summed E-state index contributed by atoms with van der Waals surface area (Å²) in [6.45, 7) is 1.91. The first-order chi connectivity index (χ1) is 11.6. The topological polar surface area (TPSA) is 68.0 Å². The Morgan fingerprint density at radius 1 is 1.25 bits per heavy atom. The molecule has 5 nitrogen and oxygen atoms in total. The van der Waals surface area contributed by atoms with Crippen molar-refractivity contribution in [3.05, 3.63) is 71.5 Å². The SMILES string of the molecule is C[C@@H](Cc1cnccn1)NC(=O)c1ccc(-c2ccccc2Cl)o1. The number of carbonyl (C=O) groups is 1. The third kappa shape index (κ3) is 3.81. The molecule has 1 N–H and O–H groups in total. The number of rotatable bonds is 5. The van der Waals surface area contributed by atoms with Crippen molar-refractivity contribution < 1.29 is 9.21 Å². The summed E-state index contributed by atoms with van der Waals surface area (Å²) in [5.74, 6) is 0.535. The number of hydrogen-bond donors (Lipinski definition) is 1. The average molecular weight is 342 g/mol. The van der Waals surface area contributed by atoms with Gasteiger partial charge in [-0.25, -0.2) is 0 Å². The molecule has 0 spiro atoms. The molecule has 2 aromatic heterocycles. The van der Waals surface area contributed by atoms with Gasteiger partial charge in [0.05, 0.1) is 10.7 Å². The third-order valence-corrected chi connectivity index (χ3v) is 3.81. The molecule has 0 saturated carbocycles. The molecule has 1 aromatic carbocycles. The maximum Gasteiger partial charge on any atom is 0.287 e. The van der Waals surface area contributed by atoms with Crippen molar-refractivity contribution in [2.75, 3.05) is 0 Å². The van der Waals surface area contributed by atoms with Crippen LogP contribution < -0.4 is 5.32 Å². The van der Waals surface area contributed by atoms with Crippen molar-refractivity contribution >= 4 is 17.5 Å². The molecule has 6 heteroatoms. The highest BCUT2D eigenvalue weighted by molar-refractivity contribution is 6.33. The molecule has 0 aliphatic carbocycles. The van der Waals surface area contributed by atoms with Gasteiger partial charge in [-0.1, -0.05) is 23.7 Å². The first kappa shape index (κ1) is 16.2. The minimum absolute atomic E-state index is 0.0944. The van der Waals surface area contributed by atoms with E-state index in [1.165, 1.54) is 0 Å². The van der Waals surface area contributed by atoms with Crippen LogP contribution in [-0.4, -0.2) is 21.9 Å². The van der Waals surface area contributed by atoms with Crippen molar-refractivity contribution in [2.45, 2.75) is 19.4 Å². The number of aromatic nitrogens is 2. The zero-order chi connectivity index (χ0) is 16.9. The van der Waals surface area contributed by atoms with Crippen LogP contribution in [0.3, 0.4) is 0 Å². The van der Waals surface area contributed by atoms with Gasteiger partial charge in [-0.2, -0.15) is 0 Å². The molecule has 0 saturated heterocycles. The minimum Gasteiger partial charge on any atom is -0.451 e. The van der Waals surface area contributed by atoms with E-state index in [0.717, 1.165) is 11.3 Å². The van der Waals surface area contributed by atoms with Crippen LogP contribution in [0.1, 0.15) is 23.2 Å². The van der Waals surface area contributed by atoms with E-state index in [2.05, 4.69) is 15.3 Å². The fourth-order valence-corrected chi connectivity index (χ4v) is 2.59. The summed E-state index contributed by atoms with van der Waals surface area (Å²) >= 11 is 6.15. The Bertz CT molecular complexity index is 833. The van der Waals surface area contributed by atoms with Gasteiger partial charge in [0.1, 0.15) is 5.76 Å². The number of nitrogens with zero attached hydrogens (tertiary/aromatic N) is 2. The van der Waals surface area contributed by atoms with Crippen LogP contribution in [0.5, 0.6) is 0 Å².